The van der Waals surface area contributed by atoms with Crippen LogP contribution in [0, 0.1) is 6.92 Å². The normalized spacial score (nSPS) is 15.0. The Morgan fingerprint density at radius 2 is 1.82 bits per heavy atom. The molecule has 1 aliphatic rings. The number of benzene rings is 1. The standard InChI is InChI=1S/C21H25N5O2/c1-15-19(26-10-4-5-18(28-3)20(26)22-15)21(27)23-16-6-8-17(9-7-16)25-13-11-24(2)12-14-25/h4-10H,11-14H2,1-3H3,(H,23,27). The first-order valence-corrected chi connectivity index (χ1v) is 9.43. The zero-order valence-electron chi connectivity index (χ0n) is 16.5. The highest BCUT2D eigenvalue weighted by Crippen LogP contribution is 2.23. The average Bonchev–Trinajstić information content (AvgIpc) is 3.05. The van der Waals surface area contributed by atoms with Crippen molar-refractivity contribution in [2.45, 2.75) is 6.92 Å². The molecule has 146 valence electrons. The number of carbonyl (C=O) groups excluding carboxylic acids is 1. The van der Waals surface area contributed by atoms with Crippen molar-refractivity contribution >= 4 is 22.9 Å². The third-order valence-electron chi connectivity index (χ3n) is 5.22. The highest BCUT2D eigenvalue weighted by molar-refractivity contribution is 6.04. The minimum absolute atomic E-state index is 0.189. The molecule has 1 aromatic carbocycles. The fraction of sp³-hybridized carbons (Fsp3) is 0.333. The molecule has 3 aromatic rings. The number of nitrogens with zero attached hydrogens (tertiary/aromatic N) is 4. The number of piperazine rings is 1. The number of nitrogens with one attached hydrogen (secondary N) is 1. The number of hydrogen-bond acceptors (Lipinski definition) is 5. The molecule has 0 radical (unpaired) electrons. The van der Waals surface area contributed by atoms with Crippen LogP contribution >= 0.6 is 0 Å². The van der Waals surface area contributed by atoms with Crippen LogP contribution in [0.5, 0.6) is 5.75 Å². The first-order chi connectivity index (χ1) is 13.6. The minimum Gasteiger partial charge on any atom is -0.493 e. The van der Waals surface area contributed by atoms with E-state index in [2.05, 4.69) is 39.3 Å². The average molecular weight is 379 g/mol. The van der Waals surface area contributed by atoms with Crippen molar-refractivity contribution in [1.82, 2.24) is 14.3 Å². The van der Waals surface area contributed by atoms with Gasteiger partial charge >= 0.3 is 0 Å². The summed E-state index contributed by atoms with van der Waals surface area (Å²) in [6.07, 6.45) is 1.82. The van der Waals surface area contributed by atoms with Gasteiger partial charge in [-0.15, -0.1) is 0 Å². The molecule has 3 heterocycles. The van der Waals surface area contributed by atoms with Gasteiger partial charge in [0.1, 0.15) is 5.69 Å². The largest absolute Gasteiger partial charge is 0.493 e. The molecule has 4 rings (SSSR count). The van der Waals surface area contributed by atoms with Crippen LogP contribution in [0.15, 0.2) is 42.6 Å². The smallest absolute Gasteiger partial charge is 0.274 e. The number of aryl methyl sites for hydroxylation is 1. The second-order valence-corrected chi connectivity index (χ2v) is 7.11. The molecule has 0 aliphatic carbocycles. The molecule has 0 spiro atoms. The first-order valence-electron chi connectivity index (χ1n) is 9.43. The van der Waals surface area contributed by atoms with E-state index in [9.17, 15) is 4.79 Å². The minimum atomic E-state index is -0.189. The Morgan fingerprint density at radius 1 is 1.11 bits per heavy atom. The summed E-state index contributed by atoms with van der Waals surface area (Å²) in [5.41, 5.74) is 3.76. The molecule has 0 bridgehead atoms. The van der Waals surface area contributed by atoms with E-state index >= 15 is 0 Å². The second-order valence-electron chi connectivity index (χ2n) is 7.11. The van der Waals surface area contributed by atoms with E-state index in [0.717, 1.165) is 31.9 Å². The van der Waals surface area contributed by atoms with E-state index in [1.54, 1.807) is 11.5 Å². The van der Waals surface area contributed by atoms with Gasteiger partial charge in [-0.25, -0.2) is 4.98 Å². The number of amides is 1. The lowest BCUT2D eigenvalue weighted by molar-refractivity contribution is 0.102. The van der Waals surface area contributed by atoms with E-state index in [-0.39, 0.29) is 5.91 Å². The van der Waals surface area contributed by atoms with Crippen molar-refractivity contribution < 1.29 is 9.53 Å². The van der Waals surface area contributed by atoms with Gasteiger partial charge in [0.2, 0.25) is 0 Å². The van der Waals surface area contributed by atoms with E-state index in [0.29, 0.717) is 22.8 Å². The summed E-state index contributed by atoms with van der Waals surface area (Å²) >= 11 is 0. The number of fused-ring (bicyclic) bond motifs is 1. The Bertz CT molecular complexity index is 988. The Balaban J connectivity index is 1.53. The fourth-order valence-corrected chi connectivity index (χ4v) is 3.60. The van der Waals surface area contributed by atoms with Crippen LogP contribution in [0.4, 0.5) is 11.4 Å². The summed E-state index contributed by atoms with van der Waals surface area (Å²) in [6, 6.07) is 11.7. The van der Waals surface area contributed by atoms with Crippen LogP contribution in [-0.4, -0.2) is 60.5 Å². The summed E-state index contributed by atoms with van der Waals surface area (Å²) in [6.45, 7) is 6.00. The van der Waals surface area contributed by atoms with Gasteiger partial charge in [0.05, 0.1) is 12.8 Å². The fourth-order valence-electron chi connectivity index (χ4n) is 3.60. The van der Waals surface area contributed by atoms with E-state index < -0.39 is 0 Å². The van der Waals surface area contributed by atoms with Crippen LogP contribution in [-0.2, 0) is 0 Å². The number of hydrogen-bond donors (Lipinski definition) is 1. The highest BCUT2D eigenvalue weighted by Gasteiger charge is 2.19. The molecular formula is C21H25N5O2. The number of likely N-dealkylation sites (N-methyl/N-ethyl adjacent to an activating group) is 1. The van der Waals surface area contributed by atoms with Crippen molar-refractivity contribution in [3.05, 3.63) is 54.0 Å². The van der Waals surface area contributed by atoms with Gasteiger partial charge < -0.3 is 19.9 Å². The van der Waals surface area contributed by atoms with Gasteiger partial charge in [-0.3, -0.25) is 9.20 Å². The van der Waals surface area contributed by atoms with Crippen molar-refractivity contribution in [3.8, 4) is 5.75 Å². The molecule has 2 aromatic heterocycles. The van der Waals surface area contributed by atoms with Crippen LogP contribution in [0.25, 0.3) is 5.65 Å². The Hall–Kier alpha value is -3.06. The number of aromatic nitrogens is 2. The quantitative estimate of drug-likeness (QED) is 0.755. The van der Waals surface area contributed by atoms with Gasteiger partial charge in [-0.1, -0.05) is 0 Å². The van der Waals surface area contributed by atoms with E-state index in [1.165, 1.54) is 5.69 Å². The third kappa shape index (κ3) is 3.41. The molecule has 0 saturated carbocycles. The third-order valence-corrected chi connectivity index (χ3v) is 5.22. The van der Waals surface area contributed by atoms with Crippen LogP contribution < -0.4 is 15.0 Å². The predicted molar refractivity (Wildman–Crippen MR) is 111 cm³/mol. The molecule has 1 aliphatic heterocycles. The molecule has 7 nitrogen and oxygen atoms in total. The van der Waals surface area contributed by atoms with Crippen LogP contribution in [0.2, 0.25) is 0 Å². The lowest BCUT2D eigenvalue weighted by Gasteiger charge is -2.34. The van der Waals surface area contributed by atoms with Crippen molar-refractivity contribution in [1.29, 1.82) is 0 Å². The summed E-state index contributed by atoms with van der Waals surface area (Å²) in [5.74, 6) is 0.451. The zero-order valence-corrected chi connectivity index (χ0v) is 16.5. The Labute approximate surface area is 164 Å². The summed E-state index contributed by atoms with van der Waals surface area (Å²) < 4.78 is 7.11. The van der Waals surface area contributed by atoms with Gasteiger partial charge in [0.25, 0.3) is 5.91 Å². The number of methoxy groups -OCH3 is 1. The second kappa shape index (κ2) is 7.52. The number of carbonyl (C=O) groups is 1. The highest BCUT2D eigenvalue weighted by atomic mass is 16.5. The van der Waals surface area contributed by atoms with Crippen LogP contribution in [0.3, 0.4) is 0 Å². The number of rotatable bonds is 4. The van der Waals surface area contributed by atoms with E-state index in [4.69, 9.17) is 4.74 Å². The number of pyridine rings is 1. The molecule has 1 fully saturated rings. The molecule has 0 atom stereocenters. The van der Waals surface area contributed by atoms with Gasteiger partial charge in [0.15, 0.2) is 11.4 Å². The lowest BCUT2D eigenvalue weighted by atomic mass is 10.2. The molecule has 1 amide bonds. The van der Waals surface area contributed by atoms with Crippen LogP contribution in [0.1, 0.15) is 16.2 Å². The maximum atomic E-state index is 12.9. The molecule has 1 N–H and O–H groups in total. The van der Waals surface area contributed by atoms with Crippen molar-refractivity contribution in [2.75, 3.05) is 50.6 Å². The van der Waals surface area contributed by atoms with Gasteiger partial charge in [-0.05, 0) is 50.4 Å². The Morgan fingerprint density at radius 3 is 2.50 bits per heavy atom. The predicted octanol–water partition coefficient (Wildman–Crippen LogP) is 2.66. The number of ether oxygens (including phenoxy) is 1. The topological polar surface area (TPSA) is 62.1 Å². The first kappa shape index (κ1) is 18.3. The number of anilines is 2. The maximum Gasteiger partial charge on any atom is 0.274 e. The number of imidazole rings is 1. The maximum absolute atomic E-state index is 12.9. The summed E-state index contributed by atoms with van der Waals surface area (Å²) in [7, 11) is 3.74. The zero-order chi connectivity index (χ0) is 19.7. The molecule has 1 saturated heterocycles. The van der Waals surface area contributed by atoms with Gasteiger partial charge in [0, 0.05) is 43.8 Å². The molecule has 7 heteroatoms. The van der Waals surface area contributed by atoms with Crippen molar-refractivity contribution in [3.63, 3.8) is 0 Å². The summed E-state index contributed by atoms with van der Waals surface area (Å²) in [5, 5.41) is 2.98. The van der Waals surface area contributed by atoms with Crippen molar-refractivity contribution in [2.24, 2.45) is 0 Å². The SMILES string of the molecule is COc1cccn2c(C(=O)Nc3ccc(N4CCN(C)CC4)cc3)c(C)nc12. The monoisotopic (exact) mass is 379 g/mol. The molecule has 0 unspecified atom stereocenters. The molecular weight excluding hydrogens is 354 g/mol. The Kier molecular flexibility index (Phi) is 4.92. The lowest BCUT2D eigenvalue weighted by Crippen LogP contribution is -2.44. The van der Waals surface area contributed by atoms with E-state index in [1.807, 2.05) is 37.4 Å². The van der Waals surface area contributed by atoms with Gasteiger partial charge in [-0.2, -0.15) is 0 Å². The molecule has 28 heavy (non-hydrogen) atoms. The summed E-state index contributed by atoms with van der Waals surface area (Å²) in [4.78, 5) is 22.1.